The Hall–Kier alpha value is -1.92. The predicted octanol–water partition coefficient (Wildman–Crippen LogP) is 6.88. The van der Waals surface area contributed by atoms with E-state index in [-0.39, 0.29) is 42.8 Å². The van der Waals surface area contributed by atoms with Gasteiger partial charge in [-0.15, -0.1) is 0 Å². The molecule has 8 heteroatoms. The number of rotatable bonds is 13. The van der Waals surface area contributed by atoms with Crippen LogP contribution in [0.5, 0.6) is 11.5 Å². The van der Waals surface area contributed by atoms with Crippen LogP contribution in [0, 0.1) is 5.92 Å². The van der Waals surface area contributed by atoms with Crippen LogP contribution in [-0.4, -0.2) is 23.3 Å². The second-order valence-electron chi connectivity index (χ2n) is 10.6. The lowest BCUT2D eigenvalue weighted by Gasteiger charge is -2.42. The number of unbranched alkanes of at least 4 members (excludes halogenated alkanes) is 2. The summed E-state index contributed by atoms with van der Waals surface area (Å²) in [6, 6.07) is 3.52. The third kappa shape index (κ3) is 7.35. The minimum atomic E-state index is -4.70. The number of aromatic hydroxyl groups is 1. The van der Waals surface area contributed by atoms with Crippen LogP contribution >= 0.6 is 7.82 Å². The van der Waals surface area contributed by atoms with Crippen molar-refractivity contribution in [3.63, 3.8) is 0 Å². The molecule has 0 amide bonds. The third-order valence-corrected chi connectivity index (χ3v) is 8.52. The topological polar surface area (TPSA) is 105 Å². The number of allylic oxidation sites excluding steroid dienone is 3. The number of phosphoric acid groups is 1. The summed E-state index contributed by atoms with van der Waals surface area (Å²) in [5.41, 5.74) is 1.95. The van der Waals surface area contributed by atoms with Gasteiger partial charge in [0.15, 0.2) is 5.60 Å². The zero-order valence-corrected chi connectivity index (χ0v) is 23.6. The number of benzene rings is 1. The van der Waals surface area contributed by atoms with Crippen molar-refractivity contribution < 1.29 is 33.1 Å². The van der Waals surface area contributed by atoms with Gasteiger partial charge in [-0.1, -0.05) is 56.9 Å². The standard InChI is InChI=1S/C29H43O7P/c1-6-8-9-16-34-37(32,33)36-29(14-10-15-29)28(31)35-26-19-22(11-7-2)18-25(30)27(26)24-17-21(5)12-13-23(24)20(3)4/h17-19,23-24,30H,3,6-16H2,1-2,4-5H3,(H,32,33)/p-1/t23-,24+/m0/s1. The fraction of sp³-hybridized carbons (Fsp3) is 0.621. The van der Waals surface area contributed by atoms with Crippen molar-refractivity contribution in [1.29, 1.82) is 0 Å². The summed E-state index contributed by atoms with van der Waals surface area (Å²) in [5.74, 6) is -0.597. The lowest BCUT2D eigenvalue weighted by molar-refractivity contribution is -0.243. The highest BCUT2D eigenvalue weighted by Crippen LogP contribution is 2.52. The smallest absolute Gasteiger partial charge is 0.344 e. The third-order valence-electron chi connectivity index (χ3n) is 7.45. The van der Waals surface area contributed by atoms with E-state index in [0.717, 1.165) is 43.2 Å². The second kappa shape index (κ2) is 12.8. The van der Waals surface area contributed by atoms with Gasteiger partial charge in [-0.05, 0) is 82.4 Å². The van der Waals surface area contributed by atoms with Gasteiger partial charge in [0.25, 0.3) is 7.82 Å². The first kappa shape index (κ1) is 29.6. The highest BCUT2D eigenvalue weighted by molar-refractivity contribution is 7.46. The van der Waals surface area contributed by atoms with Crippen LogP contribution < -0.4 is 9.63 Å². The maximum atomic E-state index is 13.5. The quantitative estimate of drug-likeness (QED) is 0.0968. The molecule has 1 unspecified atom stereocenters. The molecule has 0 heterocycles. The van der Waals surface area contributed by atoms with Crippen molar-refractivity contribution in [3.05, 3.63) is 47.1 Å². The van der Waals surface area contributed by atoms with Gasteiger partial charge in [0.1, 0.15) is 11.5 Å². The number of hydrogen-bond acceptors (Lipinski definition) is 7. The van der Waals surface area contributed by atoms with Crippen LogP contribution in [0.1, 0.15) is 103 Å². The summed E-state index contributed by atoms with van der Waals surface area (Å²) in [6.45, 7) is 12.3. The summed E-state index contributed by atoms with van der Waals surface area (Å²) in [4.78, 5) is 26.0. The molecule has 206 valence electrons. The average Bonchev–Trinajstić information content (AvgIpc) is 2.79. The monoisotopic (exact) mass is 533 g/mol. The Labute approximate surface area is 221 Å². The number of ether oxygens (including phenoxy) is 1. The van der Waals surface area contributed by atoms with Crippen LogP contribution in [0.15, 0.2) is 35.9 Å². The summed E-state index contributed by atoms with van der Waals surface area (Å²) in [7, 11) is -4.70. The molecule has 0 aliphatic heterocycles. The van der Waals surface area contributed by atoms with E-state index in [1.807, 2.05) is 20.8 Å². The highest BCUT2D eigenvalue weighted by Gasteiger charge is 2.50. The number of aryl methyl sites for hydroxylation is 1. The molecule has 1 aromatic carbocycles. The molecule has 3 rings (SSSR count). The largest absolute Gasteiger partial charge is 0.756 e. The molecule has 0 bridgehead atoms. The molecule has 37 heavy (non-hydrogen) atoms. The molecule has 1 N–H and O–H groups in total. The Bertz CT molecular complexity index is 1060. The summed E-state index contributed by atoms with van der Waals surface area (Å²) in [5, 5.41) is 11.2. The van der Waals surface area contributed by atoms with Crippen LogP contribution in [0.25, 0.3) is 0 Å². The number of carbonyl (C=O) groups is 1. The number of phenolic OH excluding ortho intramolecular Hbond substituents is 1. The van der Waals surface area contributed by atoms with Gasteiger partial charge in [-0.2, -0.15) is 0 Å². The maximum Gasteiger partial charge on any atom is 0.344 e. The first-order valence-electron chi connectivity index (χ1n) is 13.6. The Morgan fingerprint density at radius 2 is 1.97 bits per heavy atom. The van der Waals surface area contributed by atoms with E-state index in [0.29, 0.717) is 24.8 Å². The van der Waals surface area contributed by atoms with Crippen molar-refractivity contribution in [1.82, 2.24) is 0 Å². The molecule has 1 aromatic rings. The minimum absolute atomic E-state index is 0.0203. The molecule has 2 aliphatic carbocycles. The van der Waals surface area contributed by atoms with Crippen molar-refractivity contribution in [2.75, 3.05) is 6.61 Å². The molecule has 2 aliphatic rings. The lowest BCUT2D eigenvalue weighted by Crippen LogP contribution is -2.50. The Morgan fingerprint density at radius 1 is 1.24 bits per heavy atom. The van der Waals surface area contributed by atoms with Crippen molar-refractivity contribution in [2.24, 2.45) is 5.92 Å². The first-order valence-corrected chi connectivity index (χ1v) is 15.0. The highest BCUT2D eigenvalue weighted by atomic mass is 31.2. The van der Waals surface area contributed by atoms with Gasteiger partial charge < -0.3 is 19.3 Å². The molecular formula is C29H42O7P-. The number of phenols is 1. The fourth-order valence-corrected chi connectivity index (χ4v) is 6.31. The Balaban J connectivity index is 1.93. The summed E-state index contributed by atoms with van der Waals surface area (Å²) in [6.07, 6.45) is 8.93. The number of carbonyl (C=O) groups excluding carboxylic acids is 1. The SMILES string of the molecule is C=C(C)[C@@H]1CCC(C)=C[C@H]1c1c(O)cc(CCC)cc1OC(=O)C1(OP(=O)([O-])OCCCCC)CCC1. The Kier molecular flexibility index (Phi) is 10.2. The molecule has 0 spiro atoms. The number of hydrogen-bond donors (Lipinski definition) is 1. The average molecular weight is 534 g/mol. The predicted molar refractivity (Wildman–Crippen MR) is 143 cm³/mol. The zero-order valence-electron chi connectivity index (χ0n) is 22.7. The zero-order chi connectivity index (χ0) is 27.2. The molecule has 3 atom stereocenters. The van der Waals surface area contributed by atoms with Crippen molar-refractivity contribution >= 4 is 13.8 Å². The molecule has 1 saturated carbocycles. The molecule has 1 fully saturated rings. The molecule has 0 radical (unpaired) electrons. The van der Waals surface area contributed by atoms with E-state index in [9.17, 15) is 19.4 Å². The van der Waals surface area contributed by atoms with Gasteiger partial charge in [0.2, 0.25) is 0 Å². The lowest BCUT2D eigenvalue weighted by atomic mass is 9.73. The summed E-state index contributed by atoms with van der Waals surface area (Å²) < 4.78 is 28.8. The van der Waals surface area contributed by atoms with E-state index < -0.39 is 19.4 Å². The van der Waals surface area contributed by atoms with Gasteiger partial charge >= 0.3 is 5.97 Å². The van der Waals surface area contributed by atoms with E-state index >= 15 is 0 Å². The van der Waals surface area contributed by atoms with Crippen molar-refractivity contribution in [3.8, 4) is 11.5 Å². The van der Waals surface area contributed by atoms with Gasteiger partial charge in [0, 0.05) is 11.5 Å². The second-order valence-corrected chi connectivity index (χ2v) is 12.0. The summed E-state index contributed by atoms with van der Waals surface area (Å²) >= 11 is 0. The maximum absolute atomic E-state index is 13.5. The molecule has 7 nitrogen and oxygen atoms in total. The van der Waals surface area contributed by atoms with Gasteiger partial charge in [-0.25, -0.2) is 4.79 Å². The fourth-order valence-electron chi connectivity index (χ4n) is 5.22. The van der Waals surface area contributed by atoms with Crippen LogP contribution in [0.2, 0.25) is 0 Å². The minimum Gasteiger partial charge on any atom is -0.756 e. The van der Waals surface area contributed by atoms with Crippen LogP contribution in [-0.2, 0) is 24.8 Å². The van der Waals surface area contributed by atoms with Gasteiger partial charge in [-0.3, -0.25) is 9.09 Å². The molecule has 0 saturated heterocycles. The van der Waals surface area contributed by atoms with E-state index in [2.05, 4.69) is 19.6 Å². The van der Waals surface area contributed by atoms with Crippen molar-refractivity contribution in [2.45, 2.75) is 103 Å². The number of esters is 1. The first-order chi connectivity index (χ1) is 17.5. The van der Waals surface area contributed by atoms with Gasteiger partial charge in [0.05, 0.1) is 6.61 Å². The molecule has 0 aromatic heterocycles. The Morgan fingerprint density at radius 3 is 2.57 bits per heavy atom. The van der Waals surface area contributed by atoms with E-state index in [1.54, 1.807) is 12.1 Å². The van der Waals surface area contributed by atoms with Crippen LogP contribution in [0.3, 0.4) is 0 Å². The normalized spacial score (nSPS) is 22.5. The van der Waals surface area contributed by atoms with E-state index in [1.165, 1.54) is 5.57 Å². The molecular weight excluding hydrogens is 491 g/mol. The number of phosphoric ester groups is 1. The van der Waals surface area contributed by atoms with E-state index in [4.69, 9.17) is 13.8 Å². The van der Waals surface area contributed by atoms with Crippen LogP contribution in [0.4, 0.5) is 0 Å².